The lowest BCUT2D eigenvalue weighted by atomic mass is 9.75. The molecule has 0 unspecified atom stereocenters. The SMILES string of the molecule is CC1(C)CCCc2nn(CCC#N)c(N)c21. The highest BCUT2D eigenvalue weighted by Crippen LogP contribution is 2.39. The lowest BCUT2D eigenvalue weighted by Gasteiger charge is -2.29. The molecule has 0 bridgehead atoms. The van der Waals surface area contributed by atoms with Gasteiger partial charge < -0.3 is 5.73 Å². The van der Waals surface area contributed by atoms with Gasteiger partial charge in [0.05, 0.1) is 24.7 Å². The Bertz CT molecular complexity index is 437. The van der Waals surface area contributed by atoms with Crippen LogP contribution in [0.4, 0.5) is 5.82 Å². The van der Waals surface area contributed by atoms with Gasteiger partial charge in [-0.3, -0.25) is 0 Å². The first-order valence-corrected chi connectivity index (χ1v) is 5.79. The summed E-state index contributed by atoms with van der Waals surface area (Å²) in [4.78, 5) is 0. The van der Waals surface area contributed by atoms with Crippen LogP contribution >= 0.6 is 0 Å². The Morgan fingerprint density at radius 2 is 2.31 bits per heavy atom. The van der Waals surface area contributed by atoms with E-state index < -0.39 is 0 Å². The van der Waals surface area contributed by atoms with Crippen molar-refractivity contribution in [1.82, 2.24) is 9.78 Å². The van der Waals surface area contributed by atoms with E-state index in [-0.39, 0.29) is 5.41 Å². The summed E-state index contributed by atoms with van der Waals surface area (Å²) in [5, 5.41) is 13.1. The first kappa shape index (κ1) is 11.0. The normalized spacial score (nSPS) is 17.8. The number of nitrogens with two attached hydrogens (primary N) is 1. The van der Waals surface area contributed by atoms with Crippen molar-refractivity contribution >= 4 is 5.82 Å². The highest BCUT2D eigenvalue weighted by molar-refractivity contribution is 5.49. The van der Waals surface area contributed by atoms with Crippen LogP contribution in [0.15, 0.2) is 0 Å². The summed E-state index contributed by atoms with van der Waals surface area (Å²) in [6, 6.07) is 2.13. The molecule has 1 aliphatic rings. The number of nitriles is 1. The minimum atomic E-state index is 0.128. The predicted molar refractivity (Wildman–Crippen MR) is 62.8 cm³/mol. The third kappa shape index (κ3) is 1.67. The van der Waals surface area contributed by atoms with Crippen molar-refractivity contribution in [3.8, 4) is 6.07 Å². The number of hydrogen-bond acceptors (Lipinski definition) is 3. The highest BCUT2D eigenvalue weighted by atomic mass is 15.3. The Morgan fingerprint density at radius 3 is 2.94 bits per heavy atom. The van der Waals surface area contributed by atoms with Gasteiger partial charge in [0.2, 0.25) is 0 Å². The van der Waals surface area contributed by atoms with Gasteiger partial charge in [-0.25, -0.2) is 4.68 Å². The molecule has 86 valence electrons. The van der Waals surface area contributed by atoms with Crippen molar-refractivity contribution in [2.24, 2.45) is 0 Å². The molecule has 1 aliphatic carbocycles. The van der Waals surface area contributed by atoms with Crippen LogP contribution in [-0.2, 0) is 18.4 Å². The van der Waals surface area contributed by atoms with Gasteiger partial charge in [0, 0.05) is 5.56 Å². The molecule has 2 N–H and O–H groups in total. The molecule has 1 heterocycles. The van der Waals surface area contributed by atoms with Crippen LogP contribution in [0.3, 0.4) is 0 Å². The summed E-state index contributed by atoms with van der Waals surface area (Å²) < 4.78 is 1.79. The van der Waals surface area contributed by atoms with Gasteiger partial charge in [0.15, 0.2) is 0 Å². The van der Waals surface area contributed by atoms with Crippen LogP contribution < -0.4 is 5.73 Å². The van der Waals surface area contributed by atoms with E-state index in [1.807, 2.05) is 0 Å². The molecular weight excluding hydrogens is 200 g/mol. The number of fused-ring (bicyclic) bond motifs is 1. The number of nitrogens with zero attached hydrogens (tertiary/aromatic N) is 3. The lowest BCUT2D eigenvalue weighted by Crippen LogP contribution is -2.24. The fourth-order valence-electron chi connectivity index (χ4n) is 2.59. The molecule has 0 amide bonds. The standard InChI is InChI=1S/C12H18N4/c1-12(2)6-3-5-9-10(12)11(14)16(15-9)8-4-7-13/h3-6,8,14H2,1-2H3. The zero-order valence-electron chi connectivity index (χ0n) is 9.95. The van der Waals surface area contributed by atoms with Gasteiger partial charge >= 0.3 is 0 Å². The molecule has 0 fully saturated rings. The van der Waals surface area contributed by atoms with Crippen molar-refractivity contribution in [2.75, 3.05) is 5.73 Å². The van der Waals surface area contributed by atoms with Crippen molar-refractivity contribution in [3.63, 3.8) is 0 Å². The van der Waals surface area contributed by atoms with E-state index in [1.165, 1.54) is 12.0 Å². The smallest absolute Gasteiger partial charge is 0.125 e. The molecule has 1 aromatic rings. The number of hydrogen-bond donors (Lipinski definition) is 1. The molecule has 0 aliphatic heterocycles. The maximum Gasteiger partial charge on any atom is 0.125 e. The molecule has 4 heteroatoms. The van der Waals surface area contributed by atoms with E-state index in [2.05, 4.69) is 25.0 Å². The zero-order valence-corrected chi connectivity index (χ0v) is 9.95. The fourth-order valence-corrected chi connectivity index (χ4v) is 2.59. The van der Waals surface area contributed by atoms with Crippen LogP contribution in [0.5, 0.6) is 0 Å². The molecule has 0 spiro atoms. The van der Waals surface area contributed by atoms with E-state index in [0.717, 1.165) is 24.4 Å². The van der Waals surface area contributed by atoms with Crippen LogP contribution in [0, 0.1) is 11.3 Å². The average molecular weight is 218 g/mol. The summed E-state index contributed by atoms with van der Waals surface area (Å²) in [7, 11) is 0. The molecule has 4 nitrogen and oxygen atoms in total. The summed E-state index contributed by atoms with van der Waals surface area (Å²) >= 11 is 0. The van der Waals surface area contributed by atoms with Gasteiger partial charge in [-0.05, 0) is 24.7 Å². The molecule has 16 heavy (non-hydrogen) atoms. The number of anilines is 1. The maximum absolute atomic E-state index is 8.59. The third-order valence-corrected chi connectivity index (χ3v) is 3.39. The van der Waals surface area contributed by atoms with Gasteiger partial charge in [-0.1, -0.05) is 13.8 Å². The maximum atomic E-state index is 8.59. The Kier molecular flexibility index (Phi) is 2.63. The van der Waals surface area contributed by atoms with E-state index in [0.29, 0.717) is 13.0 Å². The Balaban J connectivity index is 2.40. The first-order chi connectivity index (χ1) is 7.56. The summed E-state index contributed by atoms with van der Waals surface area (Å²) in [6.45, 7) is 5.04. The minimum Gasteiger partial charge on any atom is -0.384 e. The van der Waals surface area contributed by atoms with E-state index in [9.17, 15) is 0 Å². The largest absolute Gasteiger partial charge is 0.384 e. The monoisotopic (exact) mass is 218 g/mol. The lowest BCUT2D eigenvalue weighted by molar-refractivity contribution is 0.431. The van der Waals surface area contributed by atoms with Crippen molar-refractivity contribution in [3.05, 3.63) is 11.3 Å². The van der Waals surface area contributed by atoms with Gasteiger partial charge in [-0.2, -0.15) is 10.4 Å². The van der Waals surface area contributed by atoms with Crippen molar-refractivity contribution in [1.29, 1.82) is 5.26 Å². The van der Waals surface area contributed by atoms with Crippen LogP contribution in [-0.4, -0.2) is 9.78 Å². The minimum absolute atomic E-state index is 0.128. The highest BCUT2D eigenvalue weighted by Gasteiger charge is 2.33. The molecule has 0 radical (unpaired) electrons. The second-order valence-electron chi connectivity index (χ2n) is 5.08. The number of nitrogen functional groups attached to an aromatic ring is 1. The van der Waals surface area contributed by atoms with Crippen molar-refractivity contribution < 1.29 is 0 Å². The van der Waals surface area contributed by atoms with Gasteiger partial charge in [-0.15, -0.1) is 0 Å². The average Bonchev–Trinajstić information content (AvgIpc) is 2.53. The number of aryl methyl sites for hydroxylation is 2. The van der Waals surface area contributed by atoms with E-state index in [4.69, 9.17) is 11.0 Å². The van der Waals surface area contributed by atoms with Crippen LogP contribution in [0.2, 0.25) is 0 Å². The Hall–Kier alpha value is -1.50. The molecule has 0 aromatic carbocycles. The fraction of sp³-hybridized carbons (Fsp3) is 0.667. The summed E-state index contributed by atoms with van der Waals surface area (Å²) in [6.07, 6.45) is 3.82. The number of aromatic nitrogens is 2. The van der Waals surface area contributed by atoms with Gasteiger partial charge in [0.1, 0.15) is 5.82 Å². The van der Waals surface area contributed by atoms with Crippen molar-refractivity contribution in [2.45, 2.75) is 51.5 Å². The first-order valence-electron chi connectivity index (χ1n) is 5.79. The second-order valence-corrected chi connectivity index (χ2v) is 5.08. The Morgan fingerprint density at radius 1 is 1.56 bits per heavy atom. The summed E-state index contributed by atoms with van der Waals surface area (Å²) in [5.41, 5.74) is 8.60. The Labute approximate surface area is 96.0 Å². The van der Waals surface area contributed by atoms with E-state index in [1.54, 1.807) is 4.68 Å². The second kappa shape index (κ2) is 3.82. The van der Waals surface area contributed by atoms with Crippen LogP contribution in [0.1, 0.15) is 44.4 Å². The predicted octanol–water partition coefficient (Wildman–Crippen LogP) is 1.99. The number of rotatable bonds is 2. The molecule has 0 saturated carbocycles. The quantitative estimate of drug-likeness (QED) is 0.825. The topological polar surface area (TPSA) is 67.6 Å². The molecule has 1 aromatic heterocycles. The molecule has 2 rings (SSSR count). The third-order valence-electron chi connectivity index (χ3n) is 3.39. The molecule has 0 saturated heterocycles. The zero-order chi connectivity index (χ0) is 11.8. The molecule has 0 atom stereocenters. The molecular formula is C12H18N4. The van der Waals surface area contributed by atoms with Crippen LogP contribution in [0.25, 0.3) is 0 Å². The summed E-state index contributed by atoms with van der Waals surface area (Å²) in [5.74, 6) is 0.759. The van der Waals surface area contributed by atoms with Gasteiger partial charge in [0.25, 0.3) is 0 Å². The van der Waals surface area contributed by atoms with E-state index >= 15 is 0 Å².